The first-order chi connectivity index (χ1) is 6.86. The number of benzene rings is 1. The smallest absolute Gasteiger partial charge is 0.251 e. The van der Waals surface area contributed by atoms with Crippen LogP contribution in [0, 0.1) is 5.92 Å². The topological polar surface area (TPSA) is 29.1 Å². The van der Waals surface area contributed by atoms with Crippen molar-refractivity contribution < 1.29 is 4.79 Å². The fraction of sp³-hybridized carbons (Fsp3) is 0.417. The molecule has 0 spiro atoms. The molecule has 0 radical (unpaired) electrons. The Kier molecular flexibility index (Phi) is 2.82. The van der Waals surface area contributed by atoms with Gasteiger partial charge >= 0.3 is 0 Å². The first kappa shape index (κ1) is 9.25. The number of hydrogen-bond acceptors (Lipinski definition) is 1. The molecule has 0 unspecified atom stereocenters. The van der Waals surface area contributed by atoms with E-state index in [4.69, 9.17) is 0 Å². The van der Waals surface area contributed by atoms with Crippen LogP contribution in [0.1, 0.15) is 29.6 Å². The van der Waals surface area contributed by atoms with E-state index < -0.39 is 0 Å². The minimum Gasteiger partial charge on any atom is -0.352 e. The quantitative estimate of drug-likeness (QED) is 0.773. The largest absolute Gasteiger partial charge is 0.352 e. The second-order valence-corrected chi connectivity index (χ2v) is 3.85. The van der Waals surface area contributed by atoms with Crippen molar-refractivity contribution in [1.29, 1.82) is 0 Å². The first-order valence-electron chi connectivity index (χ1n) is 5.19. The van der Waals surface area contributed by atoms with Gasteiger partial charge in [-0.1, -0.05) is 31.0 Å². The third kappa shape index (κ3) is 2.59. The van der Waals surface area contributed by atoms with E-state index >= 15 is 0 Å². The van der Waals surface area contributed by atoms with Crippen LogP contribution < -0.4 is 5.32 Å². The van der Waals surface area contributed by atoms with Crippen LogP contribution in [0.2, 0.25) is 0 Å². The molecule has 1 amide bonds. The Morgan fingerprint density at radius 1 is 1.29 bits per heavy atom. The first-order valence-corrected chi connectivity index (χ1v) is 5.19. The molecule has 2 heteroatoms. The summed E-state index contributed by atoms with van der Waals surface area (Å²) < 4.78 is 0. The Morgan fingerprint density at radius 3 is 2.64 bits per heavy atom. The molecule has 74 valence electrons. The van der Waals surface area contributed by atoms with Gasteiger partial charge in [-0.25, -0.2) is 0 Å². The second kappa shape index (κ2) is 4.27. The SMILES string of the molecule is O=C(NCCC1CC1)c1ccccc1. The van der Waals surface area contributed by atoms with Crippen LogP contribution in [0.5, 0.6) is 0 Å². The van der Waals surface area contributed by atoms with Crippen LogP contribution in [0.15, 0.2) is 30.3 Å². The maximum Gasteiger partial charge on any atom is 0.251 e. The summed E-state index contributed by atoms with van der Waals surface area (Å²) >= 11 is 0. The molecular formula is C12H15NO. The van der Waals surface area contributed by atoms with Crippen LogP contribution in [-0.4, -0.2) is 12.5 Å². The third-order valence-electron chi connectivity index (χ3n) is 2.57. The van der Waals surface area contributed by atoms with Crippen molar-refractivity contribution in [1.82, 2.24) is 5.32 Å². The Bertz CT molecular complexity index is 303. The van der Waals surface area contributed by atoms with Gasteiger partial charge in [0.1, 0.15) is 0 Å². The fourth-order valence-electron chi connectivity index (χ4n) is 1.49. The molecule has 1 N–H and O–H groups in total. The van der Waals surface area contributed by atoms with Gasteiger partial charge in [-0.3, -0.25) is 4.79 Å². The predicted octanol–water partition coefficient (Wildman–Crippen LogP) is 2.22. The van der Waals surface area contributed by atoms with E-state index in [1.807, 2.05) is 30.3 Å². The summed E-state index contributed by atoms with van der Waals surface area (Å²) in [6.07, 6.45) is 3.83. The molecule has 0 aromatic heterocycles. The predicted molar refractivity (Wildman–Crippen MR) is 56.1 cm³/mol. The summed E-state index contributed by atoms with van der Waals surface area (Å²) in [5, 5.41) is 2.93. The van der Waals surface area contributed by atoms with Gasteiger partial charge < -0.3 is 5.32 Å². The van der Waals surface area contributed by atoms with Gasteiger partial charge in [0.15, 0.2) is 0 Å². The van der Waals surface area contributed by atoms with Gasteiger partial charge in [0.2, 0.25) is 0 Å². The average molecular weight is 189 g/mol. The molecule has 0 bridgehead atoms. The van der Waals surface area contributed by atoms with Crippen LogP contribution in [-0.2, 0) is 0 Å². The van der Waals surface area contributed by atoms with Crippen LogP contribution in [0.3, 0.4) is 0 Å². The third-order valence-corrected chi connectivity index (χ3v) is 2.57. The lowest BCUT2D eigenvalue weighted by Crippen LogP contribution is -2.24. The molecule has 0 atom stereocenters. The monoisotopic (exact) mass is 189 g/mol. The van der Waals surface area contributed by atoms with Crippen LogP contribution >= 0.6 is 0 Å². The molecule has 1 aromatic rings. The maximum atomic E-state index is 11.5. The Balaban J connectivity index is 1.77. The molecule has 1 aliphatic carbocycles. The highest BCUT2D eigenvalue weighted by Gasteiger charge is 2.20. The van der Waals surface area contributed by atoms with Crippen LogP contribution in [0.25, 0.3) is 0 Å². The van der Waals surface area contributed by atoms with Gasteiger partial charge in [0.05, 0.1) is 0 Å². The lowest BCUT2D eigenvalue weighted by Gasteiger charge is -2.03. The minimum atomic E-state index is 0.0475. The average Bonchev–Trinajstić information content (AvgIpc) is 3.03. The van der Waals surface area contributed by atoms with Gasteiger partial charge in [-0.05, 0) is 24.5 Å². The fourth-order valence-corrected chi connectivity index (χ4v) is 1.49. The summed E-state index contributed by atoms with van der Waals surface area (Å²) in [4.78, 5) is 11.5. The highest BCUT2D eigenvalue weighted by atomic mass is 16.1. The summed E-state index contributed by atoms with van der Waals surface area (Å²) in [5.41, 5.74) is 0.753. The molecule has 0 heterocycles. The van der Waals surface area contributed by atoms with Crippen molar-refractivity contribution in [3.05, 3.63) is 35.9 Å². The van der Waals surface area contributed by atoms with Gasteiger partial charge in [-0.2, -0.15) is 0 Å². The number of carbonyl (C=O) groups excluding carboxylic acids is 1. The van der Waals surface area contributed by atoms with Gasteiger partial charge in [0, 0.05) is 12.1 Å². The Labute approximate surface area is 84.3 Å². The van der Waals surface area contributed by atoms with Crippen molar-refractivity contribution in [3.63, 3.8) is 0 Å². The zero-order chi connectivity index (χ0) is 9.80. The number of carbonyl (C=O) groups is 1. The maximum absolute atomic E-state index is 11.5. The molecule has 2 rings (SSSR count). The van der Waals surface area contributed by atoms with Crippen molar-refractivity contribution in [2.45, 2.75) is 19.3 Å². The van der Waals surface area contributed by atoms with Crippen molar-refractivity contribution in [2.75, 3.05) is 6.54 Å². The lowest BCUT2D eigenvalue weighted by molar-refractivity contribution is 0.0952. The lowest BCUT2D eigenvalue weighted by atomic mass is 10.2. The van der Waals surface area contributed by atoms with Crippen molar-refractivity contribution in [2.24, 2.45) is 5.92 Å². The molecule has 1 fully saturated rings. The zero-order valence-corrected chi connectivity index (χ0v) is 8.20. The number of hydrogen-bond donors (Lipinski definition) is 1. The van der Waals surface area contributed by atoms with E-state index in [1.54, 1.807) is 0 Å². The molecule has 2 nitrogen and oxygen atoms in total. The number of rotatable bonds is 4. The number of nitrogens with one attached hydrogen (secondary N) is 1. The Morgan fingerprint density at radius 2 is 2.00 bits per heavy atom. The van der Waals surface area contributed by atoms with E-state index in [0.717, 1.165) is 24.4 Å². The van der Waals surface area contributed by atoms with E-state index in [-0.39, 0.29) is 5.91 Å². The summed E-state index contributed by atoms with van der Waals surface area (Å²) in [7, 11) is 0. The molecule has 0 aliphatic heterocycles. The van der Waals surface area contributed by atoms with E-state index in [1.165, 1.54) is 12.8 Å². The van der Waals surface area contributed by atoms with E-state index in [9.17, 15) is 4.79 Å². The van der Waals surface area contributed by atoms with Crippen LogP contribution in [0.4, 0.5) is 0 Å². The number of amides is 1. The minimum absolute atomic E-state index is 0.0475. The second-order valence-electron chi connectivity index (χ2n) is 3.85. The van der Waals surface area contributed by atoms with E-state index in [0.29, 0.717) is 0 Å². The molecule has 1 aliphatic rings. The summed E-state index contributed by atoms with van der Waals surface area (Å²) in [6.45, 7) is 0.818. The molecule has 1 aromatic carbocycles. The van der Waals surface area contributed by atoms with Gasteiger partial charge in [0.25, 0.3) is 5.91 Å². The van der Waals surface area contributed by atoms with E-state index in [2.05, 4.69) is 5.32 Å². The molecular weight excluding hydrogens is 174 g/mol. The normalized spacial score (nSPS) is 15.1. The highest BCUT2D eigenvalue weighted by Crippen LogP contribution is 2.31. The summed E-state index contributed by atoms with van der Waals surface area (Å²) in [5.74, 6) is 0.928. The molecule has 14 heavy (non-hydrogen) atoms. The van der Waals surface area contributed by atoms with Gasteiger partial charge in [-0.15, -0.1) is 0 Å². The van der Waals surface area contributed by atoms with Crippen molar-refractivity contribution >= 4 is 5.91 Å². The van der Waals surface area contributed by atoms with Crippen molar-refractivity contribution in [3.8, 4) is 0 Å². The Hall–Kier alpha value is -1.31. The zero-order valence-electron chi connectivity index (χ0n) is 8.20. The molecule has 0 saturated heterocycles. The highest BCUT2D eigenvalue weighted by molar-refractivity contribution is 5.94. The molecule has 1 saturated carbocycles. The standard InChI is InChI=1S/C12H15NO/c14-12(11-4-2-1-3-5-11)13-9-8-10-6-7-10/h1-5,10H,6-9H2,(H,13,14). The summed E-state index contributed by atoms with van der Waals surface area (Å²) in [6, 6.07) is 9.37.